The summed E-state index contributed by atoms with van der Waals surface area (Å²) in [6.07, 6.45) is 6.07. The first-order valence-corrected chi connectivity index (χ1v) is 13.7. The fraction of sp³-hybridized carbons (Fsp3) is 0.194. The molecule has 0 unspecified atom stereocenters. The lowest BCUT2D eigenvalue weighted by Gasteiger charge is -2.14. The van der Waals surface area contributed by atoms with Crippen molar-refractivity contribution in [2.24, 2.45) is 0 Å². The quantitative estimate of drug-likeness (QED) is 0.193. The Morgan fingerprint density at radius 2 is 0.895 bits per heavy atom. The number of carbonyl (C=O) groups is 1. The van der Waals surface area contributed by atoms with Gasteiger partial charge in [-0.2, -0.15) is 0 Å². The summed E-state index contributed by atoms with van der Waals surface area (Å²) in [4.78, 5) is 14.2. The van der Waals surface area contributed by atoms with Gasteiger partial charge in [-0.25, -0.2) is 0 Å². The maximum Gasteiger partial charge on any atom is 0.195 e. The summed E-state index contributed by atoms with van der Waals surface area (Å²) in [5.74, 6) is 0.924. The predicted molar refractivity (Wildman–Crippen MR) is 159 cm³/mol. The highest BCUT2D eigenvalue weighted by atomic mass is 16.5. The second kappa shape index (κ2) is 12.4. The van der Waals surface area contributed by atoms with Crippen LogP contribution in [0.2, 0.25) is 0 Å². The van der Waals surface area contributed by atoms with E-state index in [2.05, 4.69) is 31.2 Å². The van der Waals surface area contributed by atoms with Gasteiger partial charge < -0.3 is 4.74 Å². The van der Waals surface area contributed by atoms with Gasteiger partial charge in [-0.15, -0.1) is 0 Å². The molecule has 2 heteroatoms. The highest BCUT2D eigenvalue weighted by molar-refractivity contribution is 6.59. The zero-order chi connectivity index (χ0) is 26.2. The molecule has 0 atom stereocenters. The van der Waals surface area contributed by atoms with Gasteiger partial charge in [0.15, 0.2) is 5.78 Å². The molecule has 0 bridgehead atoms. The molecule has 5 rings (SSSR count). The van der Waals surface area contributed by atoms with Gasteiger partial charge in [0, 0.05) is 22.3 Å². The standard InChI is InChI=1S/C36H34O2/c1-2-3-4-5-15-26-38-31-24-22-30(23-25-31)33-32(27-16-9-6-10-17-27)34(28-18-11-7-12-19-28)36(37)35(33)29-20-13-8-14-21-29/h6-14,16-25H,2-5,15,26H2,1H3. The monoisotopic (exact) mass is 498 g/mol. The third-order valence-corrected chi connectivity index (χ3v) is 7.05. The van der Waals surface area contributed by atoms with E-state index >= 15 is 0 Å². The Morgan fingerprint density at radius 3 is 1.37 bits per heavy atom. The fourth-order valence-electron chi connectivity index (χ4n) is 5.16. The first kappa shape index (κ1) is 25.5. The van der Waals surface area contributed by atoms with Crippen LogP contribution in [0.25, 0.3) is 22.3 Å². The van der Waals surface area contributed by atoms with Crippen LogP contribution in [0.5, 0.6) is 5.75 Å². The van der Waals surface area contributed by atoms with Crippen molar-refractivity contribution >= 4 is 28.1 Å². The number of hydrogen-bond donors (Lipinski definition) is 0. The highest BCUT2D eigenvalue weighted by Gasteiger charge is 2.35. The van der Waals surface area contributed by atoms with Crippen LogP contribution < -0.4 is 4.74 Å². The summed E-state index contributed by atoms with van der Waals surface area (Å²) in [6.45, 7) is 2.96. The second-order valence-corrected chi connectivity index (χ2v) is 9.71. The molecule has 190 valence electrons. The molecule has 0 saturated carbocycles. The molecule has 4 aromatic rings. The van der Waals surface area contributed by atoms with Crippen molar-refractivity contribution in [3.8, 4) is 5.75 Å². The Bertz CT molecular complexity index is 1410. The Labute approximate surface area is 226 Å². The number of hydrogen-bond acceptors (Lipinski definition) is 2. The van der Waals surface area contributed by atoms with Crippen LogP contribution in [0, 0.1) is 0 Å². The fourth-order valence-corrected chi connectivity index (χ4v) is 5.16. The third-order valence-electron chi connectivity index (χ3n) is 7.05. The molecule has 0 N–H and O–H groups in total. The molecular formula is C36H34O2. The highest BCUT2D eigenvalue weighted by Crippen LogP contribution is 2.49. The van der Waals surface area contributed by atoms with Crippen molar-refractivity contribution < 1.29 is 9.53 Å². The van der Waals surface area contributed by atoms with E-state index in [-0.39, 0.29) is 5.78 Å². The number of rotatable bonds is 11. The van der Waals surface area contributed by atoms with E-state index in [4.69, 9.17) is 4.74 Å². The summed E-state index contributed by atoms with van der Waals surface area (Å²) < 4.78 is 6.04. The number of ketones is 1. The number of carbonyl (C=O) groups excluding carboxylic acids is 1. The summed E-state index contributed by atoms with van der Waals surface area (Å²) >= 11 is 0. The van der Waals surface area contributed by atoms with Crippen molar-refractivity contribution in [1.29, 1.82) is 0 Å². The van der Waals surface area contributed by atoms with Gasteiger partial charge in [0.2, 0.25) is 0 Å². The Hall–Kier alpha value is -4.17. The van der Waals surface area contributed by atoms with Crippen molar-refractivity contribution in [2.45, 2.75) is 39.0 Å². The average Bonchev–Trinajstić information content (AvgIpc) is 3.29. The van der Waals surface area contributed by atoms with E-state index in [9.17, 15) is 4.79 Å². The van der Waals surface area contributed by atoms with E-state index in [0.717, 1.165) is 63.3 Å². The van der Waals surface area contributed by atoms with Gasteiger partial charge in [0.25, 0.3) is 0 Å². The average molecular weight is 499 g/mol. The maximum absolute atomic E-state index is 14.2. The normalized spacial score (nSPS) is 13.3. The van der Waals surface area contributed by atoms with Gasteiger partial charge in [-0.05, 0) is 40.8 Å². The third kappa shape index (κ3) is 5.55. The minimum absolute atomic E-state index is 0.0589. The molecular weight excluding hydrogens is 464 g/mol. The number of Topliss-reactive ketones (excluding diaryl/α,β-unsaturated/α-hetero) is 1. The molecule has 0 aromatic heterocycles. The lowest BCUT2D eigenvalue weighted by Crippen LogP contribution is -2.01. The van der Waals surface area contributed by atoms with E-state index in [0.29, 0.717) is 0 Å². The lowest BCUT2D eigenvalue weighted by atomic mass is 9.89. The van der Waals surface area contributed by atoms with Gasteiger partial charge in [-0.3, -0.25) is 4.79 Å². The molecule has 1 aliphatic rings. The molecule has 0 saturated heterocycles. The Balaban J connectivity index is 1.58. The van der Waals surface area contributed by atoms with Crippen molar-refractivity contribution in [3.63, 3.8) is 0 Å². The van der Waals surface area contributed by atoms with Gasteiger partial charge in [-0.1, -0.05) is 136 Å². The SMILES string of the molecule is CCCCCCCOc1ccc(C2=C(c3ccccc3)C(=O)C(c3ccccc3)=C2c2ccccc2)cc1. The van der Waals surface area contributed by atoms with Crippen molar-refractivity contribution in [2.75, 3.05) is 6.61 Å². The minimum atomic E-state index is 0.0589. The topological polar surface area (TPSA) is 26.3 Å². The molecule has 2 nitrogen and oxygen atoms in total. The van der Waals surface area contributed by atoms with E-state index in [1.54, 1.807) is 0 Å². The summed E-state index contributed by atoms with van der Waals surface area (Å²) in [5.41, 5.74) is 7.35. The number of benzene rings is 4. The van der Waals surface area contributed by atoms with E-state index in [1.807, 2.05) is 91.0 Å². The molecule has 0 aliphatic heterocycles. The molecule has 0 heterocycles. The first-order chi connectivity index (χ1) is 18.8. The zero-order valence-electron chi connectivity index (χ0n) is 22.0. The number of unbranched alkanes of at least 4 members (excludes halogenated alkanes) is 4. The van der Waals surface area contributed by atoms with E-state index in [1.165, 1.54) is 25.7 Å². The minimum Gasteiger partial charge on any atom is -0.494 e. The summed E-state index contributed by atoms with van der Waals surface area (Å²) in [5, 5.41) is 0. The molecule has 0 spiro atoms. The number of allylic oxidation sites excluding steroid dienone is 4. The Morgan fingerprint density at radius 1 is 0.474 bits per heavy atom. The maximum atomic E-state index is 14.2. The van der Waals surface area contributed by atoms with Gasteiger partial charge in [0.1, 0.15) is 5.75 Å². The van der Waals surface area contributed by atoms with Crippen LogP contribution in [-0.4, -0.2) is 12.4 Å². The summed E-state index contributed by atoms with van der Waals surface area (Å²) in [6, 6.07) is 38.6. The van der Waals surface area contributed by atoms with Crippen LogP contribution >= 0.6 is 0 Å². The van der Waals surface area contributed by atoms with Crippen LogP contribution in [0.1, 0.15) is 61.3 Å². The molecule has 38 heavy (non-hydrogen) atoms. The van der Waals surface area contributed by atoms with Crippen LogP contribution in [-0.2, 0) is 4.79 Å². The molecule has 0 amide bonds. The predicted octanol–water partition coefficient (Wildman–Crippen LogP) is 9.14. The molecule has 1 aliphatic carbocycles. The van der Waals surface area contributed by atoms with Gasteiger partial charge >= 0.3 is 0 Å². The first-order valence-electron chi connectivity index (χ1n) is 13.7. The van der Waals surface area contributed by atoms with Crippen LogP contribution in [0.3, 0.4) is 0 Å². The summed E-state index contributed by atoms with van der Waals surface area (Å²) in [7, 11) is 0. The second-order valence-electron chi connectivity index (χ2n) is 9.71. The number of ether oxygens (including phenoxy) is 1. The molecule has 4 aromatic carbocycles. The van der Waals surface area contributed by atoms with E-state index < -0.39 is 0 Å². The molecule has 0 fully saturated rings. The van der Waals surface area contributed by atoms with Gasteiger partial charge in [0.05, 0.1) is 6.61 Å². The Kier molecular flexibility index (Phi) is 8.30. The smallest absolute Gasteiger partial charge is 0.195 e. The zero-order valence-corrected chi connectivity index (χ0v) is 22.0. The largest absolute Gasteiger partial charge is 0.494 e. The van der Waals surface area contributed by atoms with Crippen LogP contribution in [0.15, 0.2) is 115 Å². The lowest BCUT2D eigenvalue weighted by molar-refractivity contribution is -0.108. The van der Waals surface area contributed by atoms with Crippen LogP contribution in [0.4, 0.5) is 0 Å². The van der Waals surface area contributed by atoms with Crippen molar-refractivity contribution in [1.82, 2.24) is 0 Å². The van der Waals surface area contributed by atoms with Crippen molar-refractivity contribution in [3.05, 3.63) is 138 Å². The molecule has 0 radical (unpaired) electrons.